The molecule has 0 fully saturated rings. The standard InChI is InChI=1S/C10H12F2O.C2H6/c1-3-8-4-7(2)5-9(6-8)13-10(11)12;1-2/h4-6,10H,3H2,1-2H3;1-2H3. The van der Waals surface area contributed by atoms with Crippen molar-refractivity contribution >= 4 is 0 Å². The highest BCUT2D eigenvalue weighted by molar-refractivity contribution is 5.33. The summed E-state index contributed by atoms with van der Waals surface area (Å²) in [4.78, 5) is 0. The molecule has 0 heterocycles. The van der Waals surface area contributed by atoms with Crippen LogP contribution in [0.5, 0.6) is 5.75 Å². The molecular weight excluding hydrogens is 198 g/mol. The monoisotopic (exact) mass is 216 g/mol. The van der Waals surface area contributed by atoms with Gasteiger partial charge in [0.25, 0.3) is 0 Å². The molecule has 3 heteroatoms. The van der Waals surface area contributed by atoms with E-state index in [2.05, 4.69) is 4.74 Å². The van der Waals surface area contributed by atoms with E-state index in [0.717, 1.165) is 17.5 Å². The number of hydrogen-bond acceptors (Lipinski definition) is 1. The Morgan fingerprint density at radius 1 is 1.20 bits per heavy atom. The van der Waals surface area contributed by atoms with Gasteiger partial charge in [-0.3, -0.25) is 0 Å². The Bertz CT molecular complexity index is 285. The van der Waals surface area contributed by atoms with Crippen LogP contribution in [0.25, 0.3) is 0 Å². The second kappa shape index (κ2) is 7.21. The lowest BCUT2D eigenvalue weighted by Crippen LogP contribution is -2.02. The highest BCUT2D eigenvalue weighted by atomic mass is 19.3. The minimum Gasteiger partial charge on any atom is -0.435 e. The van der Waals surface area contributed by atoms with Crippen LogP contribution in [-0.4, -0.2) is 6.61 Å². The van der Waals surface area contributed by atoms with E-state index < -0.39 is 6.61 Å². The molecule has 1 nitrogen and oxygen atoms in total. The van der Waals surface area contributed by atoms with Crippen molar-refractivity contribution in [3.63, 3.8) is 0 Å². The molecule has 0 N–H and O–H groups in total. The van der Waals surface area contributed by atoms with E-state index in [9.17, 15) is 8.78 Å². The average Bonchev–Trinajstić information content (AvgIpc) is 2.18. The number of rotatable bonds is 3. The second-order valence-electron chi connectivity index (χ2n) is 2.89. The molecular formula is C12H18F2O. The van der Waals surface area contributed by atoms with Gasteiger partial charge in [-0.15, -0.1) is 0 Å². The summed E-state index contributed by atoms with van der Waals surface area (Å²) >= 11 is 0. The van der Waals surface area contributed by atoms with Gasteiger partial charge >= 0.3 is 6.61 Å². The fourth-order valence-electron chi connectivity index (χ4n) is 1.20. The predicted octanol–water partition coefficient (Wildman–Crippen LogP) is 4.19. The lowest BCUT2D eigenvalue weighted by atomic mass is 10.1. The van der Waals surface area contributed by atoms with Crippen LogP contribution in [0, 0.1) is 6.92 Å². The first kappa shape index (κ1) is 13.9. The van der Waals surface area contributed by atoms with E-state index in [1.807, 2.05) is 33.8 Å². The second-order valence-corrected chi connectivity index (χ2v) is 2.89. The molecule has 0 aliphatic rings. The molecule has 0 atom stereocenters. The van der Waals surface area contributed by atoms with Gasteiger partial charge in [0, 0.05) is 0 Å². The minimum atomic E-state index is -2.74. The summed E-state index contributed by atoms with van der Waals surface area (Å²) in [5.74, 6) is 0.242. The van der Waals surface area contributed by atoms with Crippen molar-refractivity contribution in [2.75, 3.05) is 0 Å². The third kappa shape index (κ3) is 5.35. The van der Waals surface area contributed by atoms with Crippen LogP contribution in [0.4, 0.5) is 8.78 Å². The van der Waals surface area contributed by atoms with Gasteiger partial charge in [0.2, 0.25) is 0 Å². The molecule has 1 aromatic rings. The van der Waals surface area contributed by atoms with Crippen LogP contribution in [0.3, 0.4) is 0 Å². The summed E-state index contributed by atoms with van der Waals surface area (Å²) in [7, 11) is 0. The van der Waals surface area contributed by atoms with E-state index in [-0.39, 0.29) is 5.75 Å². The molecule has 0 saturated carbocycles. The summed E-state index contributed by atoms with van der Waals surface area (Å²) in [5, 5.41) is 0. The predicted molar refractivity (Wildman–Crippen MR) is 58.5 cm³/mol. The summed E-state index contributed by atoms with van der Waals surface area (Å²) in [6.45, 7) is 5.09. The average molecular weight is 216 g/mol. The van der Waals surface area contributed by atoms with Crippen LogP contribution < -0.4 is 4.74 Å². The summed E-state index contributed by atoms with van der Waals surface area (Å²) in [5.41, 5.74) is 1.95. The fraction of sp³-hybridized carbons (Fsp3) is 0.500. The molecule has 0 bridgehead atoms. The maximum Gasteiger partial charge on any atom is 0.387 e. The van der Waals surface area contributed by atoms with E-state index in [0.29, 0.717) is 0 Å². The van der Waals surface area contributed by atoms with Gasteiger partial charge in [-0.05, 0) is 36.6 Å². The molecule has 0 radical (unpaired) electrons. The zero-order valence-corrected chi connectivity index (χ0v) is 9.68. The van der Waals surface area contributed by atoms with Crippen LogP contribution >= 0.6 is 0 Å². The molecule has 0 aliphatic heterocycles. The molecule has 1 aromatic carbocycles. The number of aryl methyl sites for hydroxylation is 2. The van der Waals surface area contributed by atoms with E-state index in [1.54, 1.807) is 12.1 Å². The molecule has 86 valence electrons. The van der Waals surface area contributed by atoms with Crippen LogP contribution in [0.1, 0.15) is 31.9 Å². The Hall–Kier alpha value is -1.12. The van der Waals surface area contributed by atoms with Crippen molar-refractivity contribution in [1.29, 1.82) is 0 Å². The van der Waals surface area contributed by atoms with Gasteiger partial charge < -0.3 is 4.74 Å². The van der Waals surface area contributed by atoms with Gasteiger partial charge in [0.15, 0.2) is 0 Å². The first-order chi connectivity index (χ1) is 7.11. The number of benzene rings is 1. The topological polar surface area (TPSA) is 9.23 Å². The molecule has 15 heavy (non-hydrogen) atoms. The van der Waals surface area contributed by atoms with Crippen LogP contribution in [-0.2, 0) is 6.42 Å². The molecule has 1 rings (SSSR count). The normalized spacial score (nSPS) is 9.53. The van der Waals surface area contributed by atoms with Crippen LogP contribution in [0.15, 0.2) is 18.2 Å². The van der Waals surface area contributed by atoms with Gasteiger partial charge in [-0.25, -0.2) is 0 Å². The van der Waals surface area contributed by atoms with E-state index >= 15 is 0 Å². The van der Waals surface area contributed by atoms with Crippen LogP contribution in [0.2, 0.25) is 0 Å². The summed E-state index contributed by atoms with van der Waals surface area (Å²) in [6.07, 6.45) is 0.821. The minimum absolute atomic E-state index is 0.242. The number of alkyl halides is 2. The first-order valence-corrected chi connectivity index (χ1v) is 5.17. The molecule has 0 spiro atoms. The first-order valence-electron chi connectivity index (χ1n) is 5.17. The number of hydrogen-bond donors (Lipinski definition) is 0. The maximum absolute atomic E-state index is 11.9. The van der Waals surface area contributed by atoms with E-state index in [4.69, 9.17) is 0 Å². The number of halogens is 2. The fourth-order valence-corrected chi connectivity index (χ4v) is 1.20. The van der Waals surface area contributed by atoms with Gasteiger partial charge in [-0.2, -0.15) is 8.78 Å². The van der Waals surface area contributed by atoms with E-state index in [1.165, 1.54) is 0 Å². The highest BCUT2D eigenvalue weighted by Crippen LogP contribution is 2.19. The SMILES string of the molecule is CC.CCc1cc(C)cc(OC(F)F)c1. The molecule has 0 aromatic heterocycles. The Morgan fingerprint density at radius 3 is 2.27 bits per heavy atom. The Labute approximate surface area is 90.1 Å². The zero-order valence-electron chi connectivity index (χ0n) is 9.68. The highest BCUT2D eigenvalue weighted by Gasteiger charge is 2.05. The molecule has 0 saturated heterocycles. The molecule has 0 unspecified atom stereocenters. The van der Waals surface area contributed by atoms with Crippen molar-refractivity contribution in [3.8, 4) is 5.75 Å². The third-order valence-corrected chi connectivity index (χ3v) is 1.74. The summed E-state index contributed by atoms with van der Waals surface area (Å²) < 4.78 is 28.0. The van der Waals surface area contributed by atoms with Crippen molar-refractivity contribution < 1.29 is 13.5 Å². The van der Waals surface area contributed by atoms with Crippen molar-refractivity contribution in [1.82, 2.24) is 0 Å². The Morgan fingerprint density at radius 2 is 1.80 bits per heavy atom. The lowest BCUT2D eigenvalue weighted by molar-refractivity contribution is -0.0499. The lowest BCUT2D eigenvalue weighted by Gasteiger charge is -2.07. The van der Waals surface area contributed by atoms with Gasteiger partial charge in [0.05, 0.1) is 0 Å². The third-order valence-electron chi connectivity index (χ3n) is 1.74. The number of ether oxygens (including phenoxy) is 1. The Balaban J connectivity index is 0.000000921. The van der Waals surface area contributed by atoms with Crippen molar-refractivity contribution in [2.45, 2.75) is 40.7 Å². The van der Waals surface area contributed by atoms with Gasteiger partial charge in [-0.1, -0.05) is 26.8 Å². The molecule has 0 aliphatic carbocycles. The van der Waals surface area contributed by atoms with Crippen molar-refractivity contribution in [3.05, 3.63) is 29.3 Å². The maximum atomic E-state index is 11.9. The Kier molecular flexibility index (Phi) is 6.67. The quantitative estimate of drug-likeness (QED) is 0.736. The smallest absolute Gasteiger partial charge is 0.387 e. The summed E-state index contributed by atoms with van der Waals surface area (Å²) in [6, 6.07) is 5.20. The van der Waals surface area contributed by atoms with Gasteiger partial charge in [0.1, 0.15) is 5.75 Å². The van der Waals surface area contributed by atoms with Crippen molar-refractivity contribution in [2.24, 2.45) is 0 Å². The zero-order chi connectivity index (χ0) is 11.8. The largest absolute Gasteiger partial charge is 0.435 e. The molecule has 0 amide bonds.